The fourth-order valence-corrected chi connectivity index (χ4v) is 3.93. The first kappa shape index (κ1) is 20.9. The molecule has 2 aromatic heterocycles. The van der Waals surface area contributed by atoms with E-state index in [-0.39, 0.29) is 24.1 Å². The van der Waals surface area contributed by atoms with E-state index in [1.165, 1.54) is 10.6 Å². The van der Waals surface area contributed by atoms with Crippen LogP contribution in [0, 0.1) is 0 Å². The molecule has 1 fully saturated rings. The van der Waals surface area contributed by atoms with Crippen LogP contribution in [0.2, 0.25) is 0 Å². The smallest absolute Gasteiger partial charge is 0.258 e. The van der Waals surface area contributed by atoms with Crippen LogP contribution in [0.25, 0.3) is 22.4 Å². The Morgan fingerprint density at radius 3 is 2.70 bits per heavy atom. The second kappa shape index (κ2) is 8.54. The van der Waals surface area contributed by atoms with E-state index in [0.29, 0.717) is 28.7 Å². The standard InChI is InChI=1S/C25H24N4O4/c1-15(16-9-11-18(32-2)12-10-16)26-22(30)14-29-21-6-4-3-5-19(21)20(13-23(29)31)25-27-24(28-33-25)17-7-8-17/h3-6,9-13,15,17H,7-8,14H2,1-2H3,(H,26,30)/t15-/m1/s1. The molecule has 0 saturated heterocycles. The van der Waals surface area contributed by atoms with Crippen LogP contribution in [0.1, 0.15) is 43.1 Å². The summed E-state index contributed by atoms with van der Waals surface area (Å²) in [5, 5.41) is 7.81. The van der Waals surface area contributed by atoms with Gasteiger partial charge >= 0.3 is 0 Å². The summed E-state index contributed by atoms with van der Waals surface area (Å²) in [4.78, 5) is 30.3. The Bertz CT molecular complexity index is 1370. The summed E-state index contributed by atoms with van der Waals surface area (Å²) in [7, 11) is 1.61. The largest absolute Gasteiger partial charge is 0.497 e. The van der Waals surface area contributed by atoms with Crippen LogP contribution in [0.3, 0.4) is 0 Å². The number of carbonyl (C=O) groups excluding carboxylic acids is 1. The molecule has 0 aliphatic heterocycles. The van der Waals surface area contributed by atoms with Crippen molar-refractivity contribution >= 4 is 16.8 Å². The SMILES string of the molecule is COc1ccc([C@@H](C)NC(=O)Cn2c(=O)cc(-c3nc(C4CC4)no3)c3ccccc32)cc1. The van der Waals surface area contributed by atoms with Crippen molar-refractivity contribution < 1.29 is 14.1 Å². The lowest BCUT2D eigenvalue weighted by atomic mass is 10.1. The zero-order chi connectivity index (χ0) is 22.9. The molecule has 1 saturated carbocycles. The maximum absolute atomic E-state index is 13.0. The first-order chi connectivity index (χ1) is 16.0. The van der Waals surface area contributed by atoms with Crippen LogP contribution in [0.4, 0.5) is 0 Å². The number of nitrogens with zero attached hydrogens (tertiary/aromatic N) is 3. The Kier molecular flexibility index (Phi) is 5.42. The van der Waals surface area contributed by atoms with Crippen molar-refractivity contribution in [1.29, 1.82) is 0 Å². The predicted molar refractivity (Wildman–Crippen MR) is 123 cm³/mol. The lowest BCUT2D eigenvalue weighted by Crippen LogP contribution is -2.34. The van der Waals surface area contributed by atoms with Crippen molar-refractivity contribution in [3.05, 3.63) is 76.3 Å². The third-order valence-electron chi connectivity index (χ3n) is 5.93. The highest BCUT2D eigenvalue weighted by Gasteiger charge is 2.29. The van der Waals surface area contributed by atoms with Gasteiger partial charge in [0.15, 0.2) is 5.82 Å². The third kappa shape index (κ3) is 4.24. The molecule has 0 unspecified atom stereocenters. The number of nitrogens with one attached hydrogen (secondary N) is 1. The fourth-order valence-electron chi connectivity index (χ4n) is 3.93. The third-order valence-corrected chi connectivity index (χ3v) is 5.93. The maximum atomic E-state index is 13.0. The molecular formula is C25H24N4O4. The van der Waals surface area contributed by atoms with Gasteiger partial charge in [-0.05, 0) is 43.5 Å². The van der Waals surface area contributed by atoms with E-state index in [0.717, 1.165) is 29.5 Å². The van der Waals surface area contributed by atoms with Gasteiger partial charge in [-0.3, -0.25) is 14.2 Å². The molecule has 2 heterocycles. The molecule has 0 spiro atoms. The molecule has 8 heteroatoms. The van der Waals surface area contributed by atoms with Crippen molar-refractivity contribution in [3.63, 3.8) is 0 Å². The number of hydrogen-bond donors (Lipinski definition) is 1. The van der Waals surface area contributed by atoms with Crippen LogP contribution in [-0.2, 0) is 11.3 Å². The lowest BCUT2D eigenvalue weighted by Gasteiger charge is -2.17. The number of rotatable bonds is 7. The monoisotopic (exact) mass is 444 g/mol. The van der Waals surface area contributed by atoms with Crippen LogP contribution in [0.15, 0.2) is 63.9 Å². The zero-order valence-corrected chi connectivity index (χ0v) is 18.4. The van der Waals surface area contributed by atoms with Gasteiger partial charge < -0.3 is 14.6 Å². The van der Waals surface area contributed by atoms with E-state index >= 15 is 0 Å². The maximum Gasteiger partial charge on any atom is 0.258 e. The average molecular weight is 444 g/mol. The number of para-hydroxylation sites is 1. The summed E-state index contributed by atoms with van der Waals surface area (Å²) in [5.74, 6) is 1.86. The van der Waals surface area contributed by atoms with Crippen molar-refractivity contribution in [3.8, 4) is 17.2 Å². The Balaban J connectivity index is 1.41. The Morgan fingerprint density at radius 1 is 1.21 bits per heavy atom. The quantitative estimate of drug-likeness (QED) is 0.465. The number of ether oxygens (including phenoxy) is 1. The minimum atomic E-state index is -0.304. The van der Waals surface area contributed by atoms with Crippen molar-refractivity contribution in [2.24, 2.45) is 0 Å². The molecule has 0 radical (unpaired) electrons. The molecule has 1 amide bonds. The van der Waals surface area contributed by atoms with Crippen LogP contribution in [0.5, 0.6) is 5.75 Å². The number of benzene rings is 2. The van der Waals surface area contributed by atoms with Gasteiger partial charge in [-0.2, -0.15) is 4.98 Å². The number of pyridine rings is 1. The molecule has 1 atom stereocenters. The van der Waals surface area contributed by atoms with Gasteiger partial charge in [-0.1, -0.05) is 35.5 Å². The second-order valence-electron chi connectivity index (χ2n) is 8.29. The summed E-state index contributed by atoms with van der Waals surface area (Å²) in [5.41, 5.74) is 1.86. The van der Waals surface area contributed by atoms with Gasteiger partial charge in [0.25, 0.3) is 11.4 Å². The van der Waals surface area contributed by atoms with E-state index in [2.05, 4.69) is 15.5 Å². The number of carbonyl (C=O) groups is 1. The fraction of sp³-hybridized carbons (Fsp3) is 0.280. The first-order valence-electron chi connectivity index (χ1n) is 10.9. The van der Waals surface area contributed by atoms with E-state index in [1.54, 1.807) is 7.11 Å². The topological polar surface area (TPSA) is 99.2 Å². The molecule has 5 rings (SSSR count). The number of fused-ring (bicyclic) bond motifs is 1. The Labute approximate surface area is 190 Å². The van der Waals surface area contributed by atoms with Crippen molar-refractivity contribution in [1.82, 2.24) is 20.0 Å². The van der Waals surface area contributed by atoms with Gasteiger partial charge in [0.1, 0.15) is 12.3 Å². The Hall–Kier alpha value is -3.94. The summed E-state index contributed by atoms with van der Waals surface area (Å²) >= 11 is 0. The van der Waals surface area contributed by atoms with Crippen molar-refractivity contribution in [2.75, 3.05) is 7.11 Å². The summed E-state index contributed by atoms with van der Waals surface area (Å²) in [6.07, 6.45) is 2.12. The molecule has 4 aromatic rings. The van der Waals surface area contributed by atoms with Gasteiger partial charge in [-0.25, -0.2) is 0 Å². The molecule has 1 N–H and O–H groups in total. The normalized spacial score (nSPS) is 14.2. The van der Waals surface area contributed by atoms with Gasteiger partial charge in [-0.15, -0.1) is 0 Å². The highest BCUT2D eigenvalue weighted by atomic mass is 16.5. The van der Waals surface area contributed by atoms with Crippen LogP contribution in [-0.4, -0.2) is 27.7 Å². The number of hydrogen-bond acceptors (Lipinski definition) is 6. The van der Waals surface area contributed by atoms with E-state index < -0.39 is 0 Å². The average Bonchev–Trinajstić information content (AvgIpc) is 3.57. The highest BCUT2D eigenvalue weighted by molar-refractivity contribution is 5.93. The van der Waals surface area contributed by atoms with Gasteiger partial charge in [0.2, 0.25) is 5.91 Å². The molecule has 0 bridgehead atoms. The van der Waals surface area contributed by atoms with E-state index in [9.17, 15) is 9.59 Å². The minimum Gasteiger partial charge on any atom is -0.497 e. The number of aromatic nitrogens is 3. The minimum absolute atomic E-state index is 0.0999. The first-order valence-corrected chi connectivity index (χ1v) is 10.9. The van der Waals surface area contributed by atoms with E-state index in [1.807, 2.05) is 55.5 Å². The second-order valence-corrected chi connectivity index (χ2v) is 8.29. The summed E-state index contributed by atoms with van der Waals surface area (Å²) < 4.78 is 12.1. The molecule has 2 aromatic carbocycles. The lowest BCUT2D eigenvalue weighted by molar-refractivity contribution is -0.122. The molecule has 1 aliphatic carbocycles. The van der Waals surface area contributed by atoms with E-state index in [4.69, 9.17) is 9.26 Å². The van der Waals surface area contributed by atoms with Crippen LogP contribution < -0.4 is 15.6 Å². The van der Waals surface area contributed by atoms with Crippen molar-refractivity contribution in [2.45, 2.75) is 38.3 Å². The van der Waals surface area contributed by atoms with Gasteiger partial charge in [0.05, 0.1) is 24.2 Å². The summed E-state index contributed by atoms with van der Waals surface area (Å²) in [6, 6.07) is 16.2. The number of methoxy groups -OCH3 is 1. The zero-order valence-electron chi connectivity index (χ0n) is 18.4. The molecular weight excluding hydrogens is 420 g/mol. The molecule has 1 aliphatic rings. The molecule has 8 nitrogen and oxygen atoms in total. The molecule has 168 valence electrons. The molecule has 33 heavy (non-hydrogen) atoms. The predicted octanol–water partition coefficient (Wildman–Crippen LogP) is 3.81. The van der Waals surface area contributed by atoms with Gasteiger partial charge in [0, 0.05) is 17.4 Å². The van der Waals surface area contributed by atoms with Crippen LogP contribution >= 0.6 is 0 Å². The Morgan fingerprint density at radius 2 is 1.97 bits per heavy atom. The summed E-state index contributed by atoms with van der Waals surface area (Å²) in [6.45, 7) is 1.80. The number of amides is 1. The highest BCUT2D eigenvalue weighted by Crippen LogP contribution is 2.39.